The topological polar surface area (TPSA) is 31.0 Å². The zero-order valence-electron chi connectivity index (χ0n) is 10.3. The van der Waals surface area contributed by atoms with Gasteiger partial charge in [-0.3, -0.25) is 0 Å². The molecule has 1 aliphatic heterocycles. The Morgan fingerprint density at radius 1 is 1.20 bits per heavy atom. The van der Waals surface area contributed by atoms with Crippen molar-refractivity contribution in [3.05, 3.63) is 0 Å². The van der Waals surface area contributed by atoms with Crippen molar-refractivity contribution in [2.24, 2.45) is 0 Å². The molecule has 15 heavy (non-hydrogen) atoms. The van der Waals surface area contributed by atoms with Gasteiger partial charge in [0, 0.05) is 13.2 Å². The molecule has 0 aromatic rings. The SMILES string of the molecule is CCO[Si](C)(CCCCC1CO1)OCC. The van der Waals surface area contributed by atoms with E-state index in [4.69, 9.17) is 13.6 Å². The van der Waals surface area contributed by atoms with Crippen LogP contribution in [0.1, 0.15) is 33.1 Å². The van der Waals surface area contributed by atoms with Crippen LogP contribution in [0.15, 0.2) is 0 Å². The van der Waals surface area contributed by atoms with E-state index >= 15 is 0 Å². The van der Waals surface area contributed by atoms with Crippen LogP contribution in [0.5, 0.6) is 0 Å². The molecule has 0 N–H and O–H groups in total. The second-order valence-corrected chi connectivity index (χ2v) is 7.55. The van der Waals surface area contributed by atoms with Gasteiger partial charge in [-0.05, 0) is 32.9 Å². The lowest BCUT2D eigenvalue weighted by molar-refractivity contribution is 0.188. The maximum atomic E-state index is 5.78. The van der Waals surface area contributed by atoms with Crippen molar-refractivity contribution in [3.63, 3.8) is 0 Å². The summed E-state index contributed by atoms with van der Waals surface area (Å²) >= 11 is 0. The van der Waals surface area contributed by atoms with E-state index in [-0.39, 0.29) is 0 Å². The quantitative estimate of drug-likeness (QED) is 0.348. The highest BCUT2D eigenvalue weighted by Crippen LogP contribution is 2.21. The van der Waals surface area contributed by atoms with Gasteiger partial charge in [-0.25, -0.2) is 0 Å². The highest BCUT2D eigenvalue weighted by atomic mass is 28.4. The molecule has 1 unspecified atom stereocenters. The van der Waals surface area contributed by atoms with E-state index in [0.29, 0.717) is 6.10 Å². The smallest absolute Gasteiger partial charge is 0.334 e. The molecule has 1 heterocycles. The molecule has 0 bridgehead atoms. The monoisotopic (exact) mass is 232 g/mol. The van der Waals surface area contributed by atoms with Crippen molar-refractivity contribution in [2.45, 2.75) is 51.8 Å². The highest BCUT2D eigenvalue weighted by Gasteiger charge is 2.30. The average molecular weight is 232 g/mol. The molecule has 0 aliphatic carbocycles. The Morgan fingerprint density at radius 2 is 1.80 bits per heavy atom. The summed E-state index contributed by atoms with van der Waals surface area (Å²) < 4.78 is 16.7. The van der Waals surface area contributed by atoms with Gasteiger partial charge in [-0.15, -0.1) is 0 Å². The average Bonchev–Trinajstić information content (AvgIpc) is 2.97. The van der Waals surface area contributed by atoms with Gasteiger partial charge in [-0.2, -0.15) is 0 Å². The van der Waals surface area contributed by atoms with Crippen molar-refractivity contribution < 1.29 is 13.6 Å². The molecule has 1 saturated heterocycles. The third-order valence-corrected chi connectivity index (χ3v) is 5.77. The second kappa shape index (κ2) is 6.63. The summed E-state index contributed by atoms with van der Waals surface area (Å²) in [6.07, 6.45) is 4.23. The Hall–Kier alpha value is 0.0969. The number of hydrogen-bond donors (Lipinski definition) is 0. The lowest BCUT2D eigenvalue weighted by atomic mass is 10.2. The van der Waals surface area contributed by atoms with Crippen LogP contribution < -0.4 is 0 Å². The maximum absolute atomic E-state index is 5.78. The van der Waals surface area contributed by atoms with Crippen molar-refractivity contribution in [1.82, 2.24) is 0 Å². The predicted octanol–water partition coefficient (Wildman–Crippen LogP) is 2.70. The number of hydrogen-bond acceptors (Lipinski definition) is 3. The molecule has 0 amide bonds. The fourth-order valence-corrected chi connectivity index (χ4v) is 4.34. The van der Waals surface area contributed by atoms with Crippen molar-refractivity contribution >= 4 is 8.56 Å². The first-order valence-corrected chi connectivity index (χ1v) is 8.62. The summed E-state index contributed by atoms with van der Waals surface area (Å²) in [6, 6.07) is 1.11. The van der Waals surface area contributed by atoms with Crippen molar-refractivity contribution in [1.29, 1.82) is 0 Å². The summed E-state index contributed by atoms with van der Waals surface area (Å²) in [4.78, 5) is 0. The molecule has 1 aliphatic rings. The number of unbranched alkanes of at least 4 members (excludes halogenated alkanes) is 1. The summed E-state index contributed by atoms with van der Waals surface area (Å²) in [6.45, 7) is 8.78. The third-order valence-electron chi connectivity index (χ3n) is 2.71. The van der Waals surface area contributed by atoms with Gasteiger partial charge < -0.3 is 13.6 Å². The molecule has 0 aromatic carbocycles. The molecule has 0 spiro atoms. The van der Waals surface area contributed by atoms with Crippen LogP contribution in [-0.2, 0) is 13.6 Å². The Bertz CT molecular complexity index is 165. The standard InChI is InChI=1S/C11H24O3Si/c1-4-13-15(3,14-5-2)9-7-6-8-11-10-12-11/h11H,4-10H2,1-3H3. The van der Waals surface area contributed by atoms with Gasteiger partial charge >= 0.3 is 8.56 Å². The molecule has 0 saturated carbocycles. The maximum Gasteiger partial charge on any atom is 0.334 e. The van der Waals surface area contributed by atoms with E-state index in [0.717, 1.165) is 25.9 Å². The van der Waals surface area contributed by atoms with Crippen LogP contribution in [0, 0.1) is 0 Å². The lowest BCUT2D eigenvalue weighted by Gasteiger charge is -2.25. The van der Waals surface area contributed by atoms with E-state index in [2.05, 4.69) is 6.55 Å². The van der Waals surface area contributed by atoms with Crippen LogP contribution in [0.4, 0.5) is 0 Å². The van der Waals surface area contributed by atoms with Gasteiger partial charge in [0.05, 0.1) is 12.7 Å². The molecule has 90 valence electrons. The molecular formula is C11H24O3Si. The first-order valence-electron chi connectivity index (χ1n) is 6.09. The van der Waals surface area contributed by atoms with E-state index in [1.54, 1.807) is 0 Å². The minimum atomic E-state index is -1.84. The van der Waals surface area contributed by atoms with Gasteiger partial charge in [0.25, 0.3) is 0 Å². The Labute approximate surface area is 94.4 Å². The van der Waals surface area contributed by atoms with Crippen LogP contribution >= 0.6 is 0 Å². The molecule has 4 heteroatoms. The van der Waals surface area contributed by atoms with Gasteiger partial charge in [0.1, 0.15) is 0 Å². The van der Waals surface area contributed by atoms with E-state index in [1.165, 1.54) is 19.3 Å². The highest BCUT2D eigenvalue weighted by molar-refractivity contribution is 6.66. The number of epoxide rings is 1. The Balaban J connectivity index is 2.11. The van der Waals surface area contributed by atoms with Gasteiger partial charge in [-0.1, -0.05) is 12.8 Å². The third kappa shape index (κ3) is 5.66. The summed E-state index contributed by atoms with van der Waals surface area (Å²) in [5.41, 5.74) is 0. The molecule has 0 aromatic heterocycles. The fourth-order valence-electron chi connectivity index (χ4n) is 1.85. The van der Waals surface area contributed by atoms with E-state index in [9.17, 15) is 0 Å². The molecule has 1 rings (SSSR count). The van der Waals surface area contributed by atoms with Crippen molar-refractivity contribution in [3.8, 4) is 0 Å². The summed E-state index contributed by atoms with van der Waals surface area (Å²) in [7, 11) is -1.84. The van der Waals surface area contributed by atoms with Gasteiger partial charge in [0.2, 0.25) is 0 Å². The first-order chi connectivity index (χ1) is 7.20. The molecule has 0 radical (unpaired) electrons. The predicted molar refractivity (Wildman–Crippen MR) is 63.3 cm³/mol. The lowest BCUT2D eigenvalue weighted by Crippen LogP contribution is -2.38. The Morgan fingerprint density at radius 3 is 2.27 bits per heavy atom. The Kier molecular flexibility index (Phi) is 5.82. The molecule has 3 nitrogen and oxygen atoms in total. The first kappa shape index (κ1) is 13.2. The zero-order valence-corrected chi connectivity index (χ0v) is 11.3. The summed E-state index contributed by atoms with van der Waals surface area (Å²) in [5.74, 6) is 0. The number of ether oxygens (including phenoxy) is 1. The second-order valence-electron chi connectivity index (χ2n) is 4.20. The van der Waals surface area contributed by atoms with Gasteiger partial charge in [0.15, 0.2) is 0 Å². The minimum absolute atomic E-state index is 0.567. The van der Waals surface area contributed by atoms with Crippen molar-refractivity contribution in [2.75, 3.05) is 19.8 Å². The van der Waals surface area contributed by atoms with Crippen LogP contribution in [0.3, 0.4) is 0 Å². The fraction of sp³-hybridized carbons (Fsp3) is 1.00. The molecule has 1 fully saturated rings. The van der Waals surface area contributed by atoms with E-state index < -0.39 is 8.56 Å². The minimum Gasteiger partial charge on any atom is -0.395 e. The molecule has 1 atom stereocenters. The summed E-state index contributed by atoms with van der Waals surface area (Å²) in [5, 5.41) is 0. The largest absolute Gasteiger partial charge is 0.395 e. The van der Waals surface area contributed by atoms with Crippen LogP contribution in [-0.4, -0.2) is 34.5 Å². The zero-order chi connectivity index (χ0) is 11.1. The van der Waals surface area contributed by atoms with Crippen LogP contribution in [0.25, 0.3) is 0 Å². The number of rotatable bonds is 9. The molecular weight excluding hydrogens is 208 g/mol. The van der Waals surface area contributed by atoms with E-state index in [1.807, 2.05) is 13.8 Å². The normalized spacial score (nSPS) is 20.6. The van der Waals surface area contributed by atoms with Crippen LogP contribution in [0.2, 0.25) is 12.6 Å².